The number of nitrogens with zero attached hydrogens (tertiary/aromatic N) is 2. The van der Waals surface area contributed by atoms with Crippen molar-refractivity contribution in [3.63, 3.8) is 0 Å². The molecule has 0 spiro atoms. The molecule has 6 aromatic rings. The van der Waals surface area contributed by atoms with Crippen molar-refractivity contribution in [2.24, 2.45) is 0 Å². The summed E-state index contributed by atoms with van der Waals surface area (Å²) in [6, 6.07) is 55.6. The monoisotopic (exact) mass is 560 g/mol. The molecule has 0 aromatic heterocycles. The Hall–Kier alpha value is -5.12. The maximum atomic E-state index is 6.14. The predicted octanol–water partition coefficient (Wildman–Crippen LogP) is 11.0. The molecule has 0 amide bonds. The van der Waals surface area contributed by atoms with Gasteiger partial charge in [0.2, 0.25) is 0 Å². The van der Waals surface area contributed by atoms with E-state index in [9.17, 15) is 0 Å². The van der Waals surface area contributed by atoms with Crippen LogP contribution in [0.4, 0.5) is 34.1 Å². The van der Waals surface area contributed by atoms with Crippen LogP contribution in [0.15, 0.2) is 158 Å². The summed E-state index contributed by atoms with van der Waals surface area (Å²) in [6.07, 6.45) is 0. The van der Waals surface area contributed by atoms with E-state index in [1.165, 1.54) is 11.1 Å². The molecular formula is C40H36N2O. The lowest BCUT2D eigenvalue weighted by molar-refractivity contribution is 0.107. The molecule has 0 heterocycles. The Morgan fingerprint density at radius 1 is 0.349 bits per heavy atom. The van der Waals surface area contributed by atoms with Gasteiger partial charge in [0.25, 0.3) is 0 Å². The first-order valence-electron chi connectivity index (χ1n) is 14.7. The van der Waals surface area contributed by atoms with Gasteiger partial charge < -0.3 is 14.5 Å². The third-order valence-electron chi connectivity index (χ3n) is 7.54. The van der Waals surface area contributed by atoms with Crippen LogP contribution in [0.5, 0.6) is 0 Å². The van der Waals surface area contributed by atoms with Crippen LogP contribution in [0.25, 0.3) is 0 Å². The van der Waals surface area contributed by atoms with Crippen LogP contribution in [0.1, 0.15) is 22.3 Å². The molecule has 0 saturated heterocycles. The van der Waals surface area contributed by atoms with Gasteiger partial charge in [-0.15, -0.1) is 0 Å². The van der Waals surface area contributed by atoms with Gasteiger partial charge in [-0.2, -0.15) is 0 Å². The summed E-state index contributed by atoms with van der Waals surface area (Å²) in [6.45, 7) is 5.34. The molecule has 0 atom stereocenters. The highest BCUT2D eigenvalue weighted by molar-refractivity contribution is 5.77. The molecule has 3 heteroatoms. The van der Waals surface area contributed by atoms with Crippen LogP contribution in [0.3, 0.4) is 0 Å². The lowest BCUT2D eigenvalue weighted by Gasteiger charge is -2.26. The Morgan fingerprint density at radius 3 is 0.953 bits per heavy atom. The Kier molecular flexibility index (Phi) is 8.63. The van der Waals surface area contributed by atoms with Crippen molar-refractivity contribution in [1.29, 1.82) is 0 Å². The number of hydrogen-bond acceptors (Lipinski definition) is 3. The topological polar surface area (TPSA) is 15.7 Å². The molecule has 0 saturated carbocycles. The fourth-order valence-corrected chi connectivity index (χ4v) is 5.21. The summed E-state index contributed by atoms with van der Waals surface area (Å²) >= 11 is 0. The maximum Gasteiger partial charge on any atom is 0.0721 e. The first-order valence-corrected chi connectivity index (χ1v) is 14.7. The highest BCUT2D eigenvalue weighted by atomic mass is 16.5. The molecule has 6 rings (SSSR count). The van der Waals surface area contributed by atoms with E-state index in [4.69, 9.17) is 4.74 Å². The van der Waals surface area contributed by atoms with E-state index in [1.54, 1.807) is 0 Å². The van der Waals surface area contributed by atoms with Crippen LogP contribution in [0, 0.1) is 13.8 Å². The Bertz CT molecular complexity index is 1630. The second-order valence-electron chi connectivity index (χ2n) is 10.8. The molecule has 3 nitrogen and oxygen atoms in total. The first-order chi connectivity index (χ1) is 21.1. The van der Waals surface area contributed by atoms with Crippen molar-refractivity contribution in [1.82, 2.24) is 0 Å². The van der Waals surface area contributed by atoms with Gasteiger partial charge in [-0.25, -0.2) is 0 Å². The van der Waals surface area contributed by atoms with Crippen LogP contribution >= 0.6 is 0 Å². The largest absolute Gasteiger partial charge is 0.372 e. The predicted molar refractivity (Wildman–Crippen MR) is 180 cm³/mol. The summed E-state index contributed by atoms with van der Waals surface area (Å²) in [7, 11) is 0. The van der Waals surface area contributed by atoms with Crippen molar-refractivity contribution < 1.29 is 4.74 Å². The van der Waals surface area contributed by atoms with Crippen molar-refractivity contribution >= 4 is 34.1 Å². The second-order valence-corrected chi connectivity index (χ2v) is 10.8. The molecule has 0 aliphatic heterocycles. The fraction of sp³-hybridized carbons (Fsp3) is 0.100. The third kappa shape index (κ3) is 6.86. The number of anilines is 6. The fourth-order valence-electron chi connectivity index (χ4n) is 5.21. The molecular weight excluding hydrogens is 524 g/mol. The molecule has 6 aromatic carbocycles. The molecule has 0 fully saturated rings. The average Bonchev–Trinajstić information content (AvgIpc) is 3.06. The normalized spacial score (nSPS) is 10.8. The van der Waals surface area contributed by atoms with E-state index in [1.807, 2.05) is 12.1 Å². The average molecular weight is 561 g/mol. The Morgan fingerprint density at radius 2 is 0.628 bits per heavy atom. The van der Waals surface area contributed by atoms with Gasteiger partial charge in [0.15, 0.2) is 0 Å². The summed E-state index contributed by atoms with van der Waals surface area (Å²) < 4.78 is 6.14. The standard InChI is InChI=1S/C40H36N2O/c1-31-13-21-37(22-14-31)42(38-23-15-32(2)16-24-38)40-27-19-34(20-28-40)30-43-29-33-17-25-39(26-18-33)41(35-9-5-3-6-10-35)36-11-7-4-8-12-36/h3-28H,29-30H2,1-2H3. The Balaban J connectivity index is 1.13. The molecule has 212 valence electrons. The van der Waals surface area contributed by atoms with Gasteiger partial charge in [0.05, 0.1) is 13.2 Å². The van der Waals surface area contributed by atoms with Crippen LogP contribution < -0.4 is 9.80 Å². The summed E-state index contributed by atoms with van der Waals surface area (Å²) in [5.74, 6) is 0. The number of rotatable bonds is 10. The lowest BCUT2D eigenvalue weighted by atomic mass is 10.1. The van der Waals surface area contributed by atoms with Crippen LogP contribution in [0.2, 0.25) is 0 Å². The second kappa shape index (κ2) is 13.2. The highest BCUT2D eigenvalue weighted by Gasteiger charge is 2.13. The number of para-hydroxylation sites is 2. The molecule has 0 aliphatic rings. The van der Waals surface area contributed by atoms with Crippen molar-refractivity contribution in [2.45, 2.75) is 27.1 Å². The summed E-state index contributed by atoms with van der Waals surface area (Å²) in [5.41, 5.74) is 11.6. The van der Waals surface area contributed by atoms with E-state index >= 15 is 0 Å². The molecule has 0 radical (unpaired) electrons. The zero-order valence-electron chi connectivity index (χ0n) is 24.7. The first kappa shape index (κ1) is 28.0. The minimum atomic E-state index is 0.553. The molecule has 0 bridgehead atoms. The number of hydrogen-bond donors (Lipinski definition) is 0. The highest BCUT2D eigenvalue weighted by Crippen LogP contribution is 2.36. The molecule has 43 heavy (non-hydrogen) atoms. The minimum Gasteiger partial charge on any atom is -0.372 e. The summed E-state index contributed by atoms with van der Waals surface area (Å²) in [5, 5.41) is 0. The van der Waals surface area contributed by atoms with Crippen LogP contribution in [-0.4, -0.2) is 0 Å². The molecule has 0 aliphatic carbocycles. The number of aryl methyl sites for hydroxylation is 2. The smallest absolute Gasteiger partial charge is 0.0721 e. The van der Waals surface area contributed by atoms with E-state index < -0.39 is 0 Å². The lowest BCUT2D eigenvalue weighted by Crippen LogP contribution is -2.10. The molecule has 0 N–H and O–H groups in total. The third-order valence-corrected chi connectivity index (χ3v) is 7.54. The minimum absolute atomic E-state index is 0.553. The number of benzene rings is 6. The van der Waals surface area contributed by atoms with E-state index in [0.717, 1.165) is 45.3 Å². The maximum absolute atomic E-state index is 6.14. The molecule has 0 unspecified atom stereocenters. The Labute approximate surface area is 255 Å². The van der Waals surface area contributed by atoms with Gasteiger partial charge in [-0.1, -0.05) is 96.1 Å². The number of ether oxygens (including phenoxy) is 1. The van der Waals surface area contributed by atoms with E-state index in [2.05, 4.69) is 169 Å². The zero-order valence-corrected chi connectivity index (χ0v) is 24.7. The zero-order chi connectivity index (χ0) is 29.4. The van der Waals surface area contributed by atoms with E-state index in [-0.39, 0.29) is 0 Å². The van der Waals surface area contributed by atoms with Crippen LogP contribution in [-0.2, 0) is 18.0 Å². The SMILES string of the molecule is Cc1ccc(N(c2ccc(C)cc2)c2ccc(COCc3ccc(N(c4ccccc4)c4ccccc4)cc3)cc2)cc1. The van der Waals surface area contributed by atoms with Gasteiger partial charge in [0.1, 0.15) is 0 Å². The quantitative estimate of drug-likeness (QED) is 0.166. The van der Waals surface area contributed by atoms with Gasteiger partial charge in [-0.05, 0) is 97.8 Å². The van der Waals surface area contributed by atoms with Crippen molar-refractivity contribution in [2.75, 3.05) is 9.80 Å². The van der Waals surface area contributed by atoms with Gasteiger partial charge in [0, 0.05) is 34.1 Å². The van der Waals surface area contributed by atoms with Gasteiger partial charge in [-0.3, -0.25) is 0 Å². The van der Waals surface area contributed by atoms with Crippen molar-refractivity contribution in [3.8, 4) is 0 Å². The summed E-state index contributed by atoms with van der Waals surface area (Å²) in [4.78, 5) is 4.56. The van der Waals surface area contributed by atoms with Crippen molar-refractivity contribution in [3.05, 3.63) is 180 Å². The van der Waals surface area contributed by atoms with Gasteiger partial charge >= 0.3 is 0 Å². The van der Waals surface area contributed by atoms with E-state index in [0.29, 0.717) is 13.2 Å².